The Bertz CT molecular complexity index is 701. The minimum Gasteiger partial charge on any atom is -0.339 e. The summed E-state index contributed by atoms with van der Waals surface area (Å²) in [7, 11) is 0. The molecule has 0 unspecified atom stereocenters. The summed E-state index contributed by atoms with van der Waals surface area (Å²) in [6.45, 7) is 3.76. The van der Waals surface area contributed by atoms with Gasteiger partial charge in [-0.15, -0.1) is 0 Å². The van der Waals surface area contributed by atoms with Gasteiger partial charge in [0.25, 0.3) is 5.91 Å². The number of hydrogen-bond donors (Lipinski definition) is 1. The molecular weight excluding hydrogens is 366 g/mol. The van der Waals surface area contributed by atoms with Crippen LogP contribution in [0.25, 0.3) is 0 Å². The predicted molar refractivity (Wildman–Crippen MR) is 81.8 cm³/mol. The van der Waals surface area contributed by atoms with Crippen molar-refractivity contribution < 1.29 is 13.6 Å². The van der Waals surface area contributed by atoms with Gasteiger partial charge >= 0.3 is 0 Å². The van der Waals surface area contributed by atoms with Crippen LogP contribution in [0.15, 0.2) is 28.9 Å². The zero-order valence-electron chi connectivity index (χ0n) is 11.3. The maximum Gasteiger partial charge on any atom is 0.272 e. The van der Waals surface area contributed by atoms with Gasteiger partial charge in [0.05, 0.1) is 15.2 Å². The second kappa shape index (κ2) is 6.15. The van der Waals surface area contributed by atoms with Gasteiger partial charge < -0.3 is 9.88 Å². The molecule has 112 valence electrons. The van der Waals surface area contributed by atoms with Gasteiger partial charge in [0.1, 0.15) is 17.3 Å². The van der Waals surface area contributed by atoms with Crippen molar-refractivity contribution in [2.45, 2.75) is 19.9 Å². The van der Waals surface area contributed by atoms with Gasteiger partial charge in [-0.3, -0.25) is 4.79 Å². The minimum absolute atomic E-state index is 0.00440. The van der Waals surface area contributed by atoms with Crippen LogP contribution in [0.2, 0.25) is 5.02 Å². The van der Waals surface area contributed by atoms with E-state index in [0.717, 1.165) is 12.1 Å². The maximum absolute atomic E-state index is 13.7. The van der Waals surface area contributed by atoms with Gasteiger partial charge in [0.2, 0.25) is 0 Å². The standard InChI is InChI=1S/C14H12BrClF2N2O/c1-7(2)20-6-8(16)3-13(20)14(21)19-12-5-10(17)9(15)4-11(12)18/h3-7H,1-2H3,(H,19,21). The second-order valence-corrected chi connectivity index (χ2v) is 6.04. The summed E-state index contributed by atoms with van der Waals surface area (Å²) in [5.74, 6) is -1.95. The summed E-state index contributed by atoms with van der Waals surface area (Å²) in [5.41, 5.74) is 0.0473. The molecule has 2 rings (SSSR count). The number of amides is 1. The van der Waals surface area contributed by atoms with E-state index < -0.39 is 17.5 Å². The highest BCUT2D eigenvalue weighted by Crippen LogP contribution is 2.25. The van der Waals surface area contributed by atoms with Crippen LogP contribution >= 0.6 is 27.5 Å². The van der Waals surface area contributed by atoms with Gasteiger partial charge in [0, 0.05) is 18.3 Å². The first-order valence-corrected chi connectivity index (χ1v) is 7.30. The normalized spacial score (nSPS) is 11.0. The molecule has 0 fully saturated rings. The van der Waals surface area contributed by atoms with Gasteiger partial charge in [0.15, 0.2) is 0 Å². The molecule has 0 atom stereocenters. The smallest absolute Gasteiger partial charge is 0.272 e. The van der Waals surface area contributed by atoms with Crippen molar-refractivity contribution in [1.29, 1.82) is 0 Å². The Morgan fingerprint density at radius 3 is 2.57 bits per heavy atom. The molecule has 21 heavy (non-hydrogen) atoms. The highest BCUT2D eigenvalue weighted by Gasteiger charge is 2.17. The summed E-state index contributed by atoms with van der Waals surface area (Å²) in [4.78, 5) is 12.2. The Hall–Kier alpha value is -1.40. The minimum atomic E-state index is -0.731. The van der Waals surface area contributed by atoms with Gasteiger partial charge in [-0.05, 0) is 41.9 Å². The first kappa shape index (κ1) is 16.0. The summed E-state index contributed by atoms with van der Waals surface area (Å²) < 4.78 is 28.8. The van der Waals surface area contributed by atoms with Crippen LogP contribution in [0, 0.1) is 11.6 Å². The molecule has 0 aliphatic rings. The van der Waals surface area contributed by atoms with Crippen molar-refractivity contribution in [3.05, 3.63) is 51.2 Å². The summed E-state index contributed by atoms with van der Waals surface area (Å²) >= 11 is 8.77. The molecule has 0 bridgehead atoms. The fourth-order valence-corrected chi connectivity index (χ4v) is 2.38. The third-order valence-electron chi connectivity index (χ3n) is 2.86. The summed E-state index contributed by atoms with van der Waals surface area (Å²) in [6, 6.07) is 3.36. The molecule has 0 aliphatic heterocycles. The molecular formula is C14H12BrClF2N2O. The number of halogens is 4. The third kappa shape index (κ3) is 3.44. The molecule has 0 saturated heterocycles. The molecule has 1 heterocycles. The molecule has 0 radical (unpaired) electrons. The monoisotopic (exact) mass is 376 g/mol. The van der Waals surface area contributed by atoms with Crippen molar-refractivity contribution in [1.82, 2.24) is 4.57 Å². The van der Waals surface area contributed by atoms with Crippen molar-refractivity contribution in [3.8, 4) is 0 Å². The van der Waals surface area contributed by atoms with E-state index in [0.29, 0.717) is 5.02 Å². The van der Waals surface area contributed by atoms with E-state index in [4.69, 9.17) is 11.6 Å². The van der Waals surface area contributed by atoms with E-state index in [-0.39, 0.29) is 21.9 Å². The van der Waals surface area contributed by atoms with Crippen LogP contribution in [-0.2, 0) is 0 Å². The van der Waals surface area contributed by atoms with Crippen molar-refractivity contribution in [2.24, 2.45) is 0 Å². The van der Waals surface area contributed by atoms with Crippen LogP contribution in [0.4, 0.5) is 14.5 Å². The van der Waals surface area contributed by atoms with E-state index >= 15 is 0 Å². The molecule has 0 spiro atoms. The van der Waals surface area contributed by atoms with Crippen molar-refractivity contribution in [3.63, 3.8) is 0 Å². The molecule has 1 aromatic carbocycles. The Labute approximate surface area is 134 Å². The molecule has 1 amide bonds. The first-order valence-electron chi connectivity index (χ1n) is 6.13. The van der Waals surface area contributed by atoms with E-state index in [1.807, 2.05) is 13.8 Å². The fraction of sp³-hybridized carbons (Fsp3) is 0.214. The largest absolute Gasteiger partial charge is 0.339 e. The van der Waals surface area contributed by atoms with Crippen LogP contribution < -0.4 is 5.32 Å². The fourth-order valence-electron chi connectivity index (χ4n) is 1.86. The Morgan fingerprint density at radius 2 is 1.95 bits per heavy atom. The van der Waals surface area contributed by atoms with E-state index in [9.17, 15) is 13.6 Å². The number of nitrogens with one attached hydrogen (secondary N) is 1. The number of hydrogen-bond acceptors (Lipinski definition) is 1. The van der Waals surface area contributed by atoms with Crippen LogP contribution in [0.1, 0.15) is 30.4 Å². The van der Waals surface area contributed by atoms with Gasteiger partial charge in [-0.1, -0.05) is 11.6 Å². The van der Waals surface area contributed by atoms with Crippen molar-refractivity contribution in [2.75, 3.05) is 5.32 Å². The zero-order chi connectivity index (χ0) is 15.7. The molecule has 0 aliphatic carbocycles. The highest BCUT2D eigenvalue weighted by molar-refractivity contribution is 9.10. The second-order valence-electron chi connectivity index (χ2n) is 4.74. The zero-order valence-corrected chi connectivity index (χ0v) is 13.6. The molecule has 1 N–H and O–H groups in total. The molecule has 2 aromatic rings. The lowest BCUT2D eigenvalue weighted by Crippen LogP contribution is -2.18. The van der Waals surface area contributed by atoms with Crippen molar-refractivity contribution >= 4 is 39.1 Å². The van der Waals surface area contributed by atoms with Crippen LogP contribution in [0.5, 0.6) is 0 Å². The average Bonchev–Trinajstić information content (AvgIpc) is 2.78. The number of anilines is 1. The maximum atomic E-state index is 13.7. The number of benzene rings is 1. The Morgan fingerprint density at radius 1 is 1.29 bits per heavy atom. The summed E-state index contributed by atoms with van der Waals surface area (Å²) in [6.07, 6.45) is 1.61. The lowest BCUT2D eigenvalue weighted by Gasteiger charge is -2.13. The van der Waals surface area contributed by atoms with Gasteiger partial charge in [-0.25, -0.2) is 8.78 Å². The van der Waals surface area contributed by atoms with E-state index in [1.54, 1.807) is 10.8 Å². The number of rotatable bonds is 3. The molecule has 3 nitrogen and oxygen atoms in total. The number of carbonyl (C=O) groups is 1. The van der Waals surface area contributed by atoms with Crippen LogP contribution in [-0.4, -0.2) is 10.5 Å². The molecule has 7 heteroatoms. The highest BCUT2D eigenvalue weighted by atomic mass is 79.9. The lowest BCUT2D eigenvalue weighted by atomic mass is 10.2. The lowest BCUT2D eigenvalue weighted by molar-refractivity contribution is 0.101. The molecule has 0 saturated carbocycles. The number of carbonyl (C=O) groups excluding carboxylic acids is 1. The van der Waals surface area contributed by atoms with Crippen LogP contribution in [0.3, 0.4) is 0 Å². The molecule has 1 aromatic heterocycles. The third-order valence-corrected chi connectivity index (χ3v) is 3.68. The predicted octanol–water partition coefficient (Wildman–Crippen LogP) is 5.02. The topological polar surface area (TPSA) is 34.0 Å². The number of aromatic nitrogens is 1. The van der Waals surface area contributed by atoms with E-state index in [2.05, 4.69) is 21.2 Å². The Balaban J connectivity index is 2.33. The SMILES string of the molecule is CC(C)n1cc(Cl)cc1C(=O)Nc1cc(F)c(Br)cc1F. The Kier molecular flexibility index (Phi) is 4.68. The quantitative estimate of drug-likeness (QED) is 0.749. The summed E-state index contributed by atoms with van der Waals surface area (Å²) in [5, 5.41) is 2.75. The van der Waals surface area contributed by atoms with E-state index in [1.165, 1.54) is 6.07 Å². The average molecular weight is 378 g/mol. The van der Waals surface area contributed by atoms with Gasteiger partial charge in [-0.2, -0.15) is 0 Å². The number of nitrogens with zero attached hydrogens (tertiary/aromatic N) is 1. The first-order chi connectivity index (χ1) is 9.79.